The van der Waals surface area contributed by atoms with Gasteiger partial charge in [0.15, 0.2) is 0 Å². The predicted octanol–water partition coefficient (Wildman–Crippen LogP) is 4.50. The first-order valence-electron chi connectivity index (χ1n) is 10.4. The molecule has 3 rings (SSSR count). The molecule has 1 aliphatic heterocycles. The molecular formula is C24H31FN2O3. The molecule has 2 aromatic rings. The Morgan fingerprint density at radius 1 is 0.933 bits per heavy atom. The lowest BCUT2D eigenvalue weighted by atomic mass is 10.1. The highest BCUT2D eigenvalue weighted by Gasteiger charge is 2.25. The van der Waals surface area contributed by atoms with Gasteiger partial charge in [0.1, 0.15) is 17.2 Å². The van der Waals surface area contributed by atoms with Gasteiger partial charge >= 0.3 is 6.09 Å². The Labute approximate surface area is 178 Å². The van der Waals surface area contributed by atoms with Crippen molar-refractivity contribution in [1.82, 2.24) is 9.80 Å². The summed E-state index contributed by atoms with van der Waals surface area (Å²) in [6, 6.07) is 14.6. The summed E-state index contributed by atoms with van der Waals surface area (Å²) in [5.74, 6) is 0.419. The summed E-state index contributed by atoms with van der Waals surface area (Å²) >= 11 is 0. The van der Waals surface area contributed by atoms with E-state index in [1.54, 1.807) is 17.0 Å². The maximum absolute atomic E-state index is 12.9. The third-order valence-corrected chi connectivity index (χ3v) is 4.93. The number of carbonyl (C=O) groups is 1. The number of rotatable bonds is 6. The van der Waals surface area contributed by atoms with E-state index in [1.807, 2.05) is 20.8 Å². The van der Waals surface area contributed by atoms with E-state index in [0.717, 1.165) is 26.1 Å². The van der Waals surface area contributed by atoms with Crippen LogP contribution in [0.2, 0.25) is 0 Å². The summed E-state index contributed by atoms with van der Waals surface area (Å²) in [6.45, 7) is 10.1. The molecule has 0 radical (unpaired) electrons. The molecule has 5 nitrogen and oxygen atoms in total. The van der Waals surface area contributed by atoms with Crippen molar-refractivity contribution < 1.29 is 18.7 Å². The number of benzene rings is 2. The fourth-order valence-corrected chi connectivity index (χ4v) is 3.30. The van der Waals surface area contributed by atoms with Crippen molar-refractivity contribution in [3.63, 3.8) is 0 Å². The van der Waals surface area contributed by atoms with Crippen LogP contribution in [-0.2, 0) is 17.7 Å². The molecule has 30 heavy (non-hydrogen) atoms. The molecule has 2 aromatic carbocycles. The molecule has 1 fully saturated rings. The summed E-state index contributed by atoms with van der Waals surface area (Å²) in [5.41, 5.74) is 2.00. The van der Waals surface area contributed by atoms with Crippen LogP contribution in [0.5, 0.6) is 5.75 Å². The number of nitrogens with zero attached hydrogens (tertiary/aromatic N) is 2. The third-order valence-electron chi connectivity index (χ3n) is 4.93. The van der Waals surface area contributed by atoms with Crippen LogP contribution < -0.4 is 4.74 Å². The van der Waals surface area contributed by atoms with Crippen LogP contribution in [-0.4, -0.2) is 54.3 Å². The van der Waals surface area contributed by atoms with E-state index >= 15 is 0 Å². The Morgan fingerprint density at radius 3 is 2.13 bits per heavy atom. The predicted molar refractivity (Wildman–Crippen MR) is 115 cm³/mol. The minimum Gasteiger partial charge on any atom is -0.493 e. The Bertz CT molecular complexity index is 808. The van der Waals surface area contributed by atoms with Gasteiger partial charge in [0.25, 0.3) is 0 Å². The van der Waals surface area contributed by atoms with Gasteiger partial charge in [-0.2, -0.15) is 0 Å². The van der Waals surface area contributed by atoms with Gasteiger partial charge in [0.2, 0.25) is 0 Å². The standard InChI is InChI=1S/C24H31FN2O3/c1-24(2,3)30-23(28)27-15-13-26(14-16-27)18-20-6-4-19(5-7-20)12-17-29-22-10-8-21(25)9-11-22/h4-11H,12-18H2,1-3H3. The average molecular weight is 415 g/mol. The van der Waals surface area contributed by atoms with Crippen molar-refractivity contribution in [2.45, 2.75) is 39.3 Å². The second-order valence-corrected chi connectivity index (χ2v) is 8.61. The van der Waals surface area contributed by atoms with Crippen LogP contribution in [0.1, 0.15) is 31.9 Å². The molecular weight excluding hydrogens is 383 g/mol. The van der Waals surface area contributed by atoms with E-state index in [4.69, 9.17) is 9.47 Å². The first-order chi connectivity index (χ1) is 14.3. The highest BCUT2D eigenvalue weighted by atomic mass is 19.1. The molecule has 0 atom stereocenters. The minimum absolute atomic E-state index is 0.227. The second-order valence-electron chi connectivity index (χ2n) is 8.61. The molecule has 0 unspecified atom stereocenters. The van der Waals surface area contributed by atoms with Gasteiger partial charge in [-0.15, -0.1) is 0 Å². The van der Waals surface area contributed by atoms with Gasteiger partial charge in [-0.3, -0.25) is 4.90 Å². The van der Waals surface area contributed by atoms with E-state index < -0.39 is 5.60 Å². The molecule has 0 N–H and O–H groups in total. The first-order valence-corrected chi connectivity index (χ1v) is 10.4. The summed E-state index contributed by atoms with van der Waals surface area (Å²) in [6.07, 6.45) is 0.570. The molecule has 1 saturated heterocycles. The van der Waals surface area contributed by atoms with E-state index in [0.29, 0.717) is 25.4 Å². The van der Waals surface area contributed by atoms with Crippen LogP contribution in [0.15, 0.2) is 48.5 Å². The zero-order valence-electron chi connectivity index (χ0n) is 18.1. The quantitative estimate of drug-likeness (QED) is 0.698. The van der Waals surface area contributed by atoms with Crippen molar-refractivity contribution in [2.75, 3.05) is 32.8 Å². The smallest absolute Gasteiger partial charge is 0.410 e. The van der Waals surface area contributed by atoms with Crippen LogP contribution >= 0.6 is 0 Å². The average Bonchev–Trinajstić information content (AvgIpc) is 2.70. The maximum Gasteiger partial charge on any atom is 0.410 e. The van der Waals surface area contributed by atoms with Gasteiger partial charge in [-0.25, -0.2) is 9.18 Å². The second kappa shape index (κ2) is 9.94. The normalized spacial score (nSPS) is 15.1. The highest BCUT2D eigenvalue weighted by Crippen LogP contribution is 2.15. The molecule has 0 bridgehead atoms. The topological polar surface area (TPSA) is 42.0 Å². The van der Waals surface area contributed by atoms with Gasteiger partial charge in [-0.05, 0) is 56.2 Å². The van der Waals surface area contributed by atoms with Crippen LogP contribution in [0.25, 0.3) is 0 Å². The van der Waals surface area contributed by atoms with E-state index in [-0.39, 0.29) is 11.9 Å². The summed E-state index contributed by atoms with van der Waals surface area (Å²) in [5, 5.41) is 0. The molecule has 0 saturated carbocycles. The molecule has 0 aromatic heterocycles. The van der Waals surface area contributed by atoms with E-state index in [2.05, 4.69) is 29.2 Å². The fraction of sp³-hybridized carbons (Fsp3) is 0.458. The van der Waals surface area contributed by atoms with Crippen LogP contribution in [0, 0.1) is 5.82 Å². The van der Waals surface area contributed by atoms with E-state index in [9.17, 15) is 9.18 Å². The Balaban J connectivity index is 1.39. The molecule has 1 amide bonds. The Hall–Kier alpha value is -2.60. The van der Waals surface area contributed by atoms with Gasteiger partial charge in [-0.1, -0.05) is 24.3 Å². The third kappa shape index (κ3) is 7.02. The van der Waals surface area contributed by atoms with Gasteiger partial charge in [0.05, 0.1) is 6.61 Å². The van der Waals surface area contributed by atoms with E-state index in [1.165, 1.54) is 23.3 Å². The summed E-state index contributed by atoms with van der Waals surface area (Å²) in [4.78, 5) is 16.3. The maximum atomic E-state index is 12.9. The lowest BCUT2D eigenvalue weighted by molar-refractivity contribution is 0.0139. The SMILES string of the molecule is CC(C)(C)OC(=O)N1CCN(Cc2ccc(CCOc3ccc(F)cc3)cc2)CC1. The number of carbonyl (C=O) groups excluding carboxylic acids is 1. The lowest BCUT2D eigenvalue weighted by Gasteiger charge is -2.35. The fourth-order valence-electron chi connectivity index (χ4n) is 3.30. The van der Waals surface area contributed by atoms with Crippen LogP contribution in [0.4, 0.5) is 9.18 Å². The molecule has 1 heterocycles. The number of piperazine rings is 1. The molecule has 1 aliphatic rings. The number of halogens is 1. The number of hydrogen-bond acceptors (Lipinski definition) is 4. The van der Waals surface area contributed by atoms with Crippen molar-refractivity contribution in [1.29, 1.82) is 0 Å². The van der Waals surface area contributed by atoms with Gasteiger partial charge in [0, 0.05) is 39.1 Å². The lowest BCUT2D eigenvalue weighted by Crippen LogP contribution is -2.49. The van der Waals surface area contributed by atoms with Crippen molar-refractivity contribution in [2.24, 2.45) is 0 Å². The molecule has 6 heteroatoms. The van der Waals surface area contributed by atoms with Crippen molar-refractivity contribution in [3.05, 3.63) is 65.5 Å². The zero-order chi connectivity index (χ0) is 21.6. The van der Waals surface area contributed by atoms with Gasteiger partial charge < -0.3 is 14.4 Å². The number of amides is 1. The Morgan fingerprint density at radius 2 is 1.53 bits per heavy atom. The molecule has 0 spiro atoms. The first kappa shape index (κ1) is 22.1. The Kier molecular flexibility index (Phi) is 7.32. The minimum atomic E-state index is -0.458. The zero-order valence-corrected chi connectivity index (χ0v) is 18.1. The highest BCUT2D eigenvalue weighted by molar-refractivity contribution is 5.68. The van der Waals surface area contributed by atoms with Crippen molar-refractivity contribution >= 4 is 6.09 Å². The summed E-state index contributed by atoms with van der Waals surface area (Å²) < 4.78 is 24.0. The summed E-state index contributed by atoms with van der Waals surface area (Å²) in [7, 11) is 0. The molecule has 162 valence electrons. The van der Waals surface area contributed by atoms with Crippen LogP contribution in [0.3, 0.4) is 0 Å². The van der Waals surface area contributed by atoms with Crippen molar-refractivity contribution in [3.8, 4) is 5.75 Å². The number of hydrogen-bond donors (Lipinski definition) is 0. The number of ether oxygens (including phenoxy) is 2. The monoisotopic (exact) mass is 414 g/mol. The molecule has 0 aliphatic carbocycles. The largest absolute Gasteiger partial charge is 0.493 e.